The van der Waals surface area contributed by atoms with Gasteiger partial charge in [-0.1, -0.05) is 103 Å². The predicted octanol–water partition coefficient (Wildman–Crippen LogP) is 12.3. The van der Waals surface area contributed by atoms with Gasteiger partial charge in [0.15, 0.2) is 0 Å². The van der Waals surface area contributed by atoms with E-state index in [2.05, 4.69) is 132 Å². The van der Waals surface area contributed by atoms with Crippen molar-refractivity contribution in [2.24, 2.45) is 0 Å². The first-order chi connectivity index (χ1) is 22.3. The van der Waals surface area contributed by atoms with Crippen molar-refractivity contribution >= 4 is 60.9 Å². The van der Waals surface area contributed by atoms with Gasteiger partial charge in [-0.2, -0.15) is 0 Å². The fraction of sp³-hybridized carbons (Fsp3) is 0. The minimum absolute atomic E-state index is 0.871. The van der Waals surface area contributed by atoms with Crippen LogP contribution in [0, 0.1) is 0 Å². The van der Waals surface area contributed by atoms with E-state index in [4.69, 9.17) is 8.83 Å². The number of para-hydroxylation sites is 2. The van der Waals surface area contributed by atoms with Crippen molar-refractivity contribution in [1.82, 2.24) is 0 Å². The summed E-state index contributed by atoms with van der Waals surface area (Å²) in [5.74, 6) is 0. The monoisotopic (exact) mass is 577 g/mol. The van der Waals surface area contributed by atoms with Crippen LogP contribution in [0.15, 0.2) is 173 Å². The maximum absolute atomic E-state index is 6.29. The summed E-state index contributed by atoms with van der Waals surface area (Å²) in [4.78, 5) is 2.32. The third kappa shape index (κ3) is 4.29. The lowest BCUT2D eigenvalue weighted by molar-refractivity contribution is 0.668. The zero-order valence-corrected chi connectivity index (χ0v) is 24.4. The molecule has 0 amide bonds. The highest BCUT2D eigenvalue weighted by Crippen LogP contribution is 2.43. The first-order valence-corrected chi connectivity index (χ1v) is 15.2. The molecule has 0 radical (unpaired) electrons. The van der Waals surface area contributed by atoms with Crippen LogP contribution in [0.25, 0.3) is 66.1 Å². The summed E-state index contributed by atoms with van der Waals surface area (Å²) in [6, 6.07) is 57.3. The molecule has 0 saturated carbocycles. The fourth-order valence-electron chi connectivity index (χ4n) is 6.51. The van der Waals surface area contributed by atoms with Crippen LogP contribution >= 0.6 is 0 Å². The number of furan rings is 2. The van der Waals surface area contributed by atoms with Crippen molar-refractivity contribution in [3.63, 3.8) is 0 Å². The number of rotatable bonds is 5. The maximum Gasteiger partial charge on any atom is 0.137 e. The molecule has 7 aromatic carbocycles. The summed E-state index contributed by atoms with van der Waals surface area (Å²) in [7, 11) is 0. The second-order valence-electron chi connectivity index (χ2n) is 11.4. The van der Waals surface area contributed by atoms with Gasteiger partial charge in [-0.15, -0.1) is 0 Å². The molecule has 0 saturated heterocycles. The van der Waals surface area contributed by atoms with Crippen LogP contribution < -0.4 is 4.90 Å². The average molecular weight is 578 g/mol. The smallest absolute Gasteiger partial charge is 0.137 e. The number of nitrogens with zero attached hydrogens (tertiary/aromatic N) is 1. The van der Waals surface area contributed by atoms with Gasteiger partial charge in [-0.25, -0.2) is 0 Å². The Bertz CT molecular complexity index is 2470. The molecule has 3 heteroatoms. The third-order valence-corrected chi connectivity index (χ3v) is 8.69. The topological polar surface area (TPSA) is 29.5 Å². The summed E-state index contributed by atoms with van der Waals surface area (Å²) in [6.07, 6.45) is 0. The first kappa shape index (κ1) is 25.4. The maximum atomic E-state index is 6.29. The van der Waals surface area contributed by atoms with Gasteiger partial charge >= 0.3 is 0 Å². The van der Waals surface area contributed by atoms with Crippen molar-refractivity contribution in [2.75, 3.05) is 4.90 Å². The number of fused-ring (bicyclic) bond motifs is 6. The summed E-state index contributed by atoms with van der Waals surface area (Å²) < 4.78 is 12.5. The predicted molar refractivity (Wildman–Crippen MR) is 187 cm³/mol. The summed E-state index contributed by atoms with van der Waals surface area (Å²) in [5, 5.41) is 4.48. The molecule has 3 nitrogen and oxygen atoms in total. The van der Waals surface area contributed by atoms with Crippen LogP contribution in [0.5, 0.6) is 0 Å². The van der Waals surface area contributed by atoms with E-state index in [1.807, 2.05) is 36.4 Å². The van der Waals surface area contributed by atoms with Gasteiger partial charge in [0.1, 0.15) is 22.3 Å². The van der Waals surface area contributed by atoms with Gasteiger partial charge in [0.2, 0.25) is 0 Å². The van der Waals surface area contributed by atoms with E-state index < -0.39 is 0 Å². The van der Waals surface area contributed by atoms with Crippen molar-refractivity contribution < 1.29 is 8.83 Å². The second-order valence-corrected chi connectivity index (χ2v) is 11.4. The van der Waals surface area contributed by atoms with Crippen LogP contribution in [0.3, 0.4) is 0 Å². The molecule has 0 aliphatic heterocycles. The Morgan fingerprint density at radius 3 is 1.58 bits per heavy atom. The van der Waals surface area contributed by atoms with E-state index in [0.29, 0.717) is 0 Å². The van der Waals surface area contributed by atoms with Crippen molar-refractivity contribution in [3.05, 3.63) is 164 Å². The molecule has 45 heavy (non-hydrogen) atoms. The van der Waals surface area contributed by atoms with Gasteiger partial charge in [-0.05, 0) is 82.9 Å². The molecule has 0 fully saturated rings. The first-order valence-electron chi connectivity index (χ1n) is 15.2. The Balaban J connectivity index is 1.17. The van der Waals surface area contributed by atoms with E-state index >= 15 is 0 Å². The fourth-order valence-corrected chi connectivity index (χ4v) is 6.51. The molecule has 2 heterocycles. The molecule has 212 valence electrons. The largest absolute Gasteiger partial charge is 0.456 e. The van der Waals surface area contributed by atoms with E-state index in [9.17, 15) is 0 Å². The minimum atomic E-state index is 0.871. The number of hydrogen-bond donors (Lipinski definition) is 0. The van der Waals surface area contributed by atoms with Gasteiger partial charge in [-0.3, -0.25) is 0 Å². The van der Waals surface area contributed by atoms with Crippen LogP contribution in [0.1, 0.15) is 0 Å². The lowest BCUT2D eigenvalue weighted by Crippen LogP contribution is -2.10. The number of benzene rings is 7. The van der Waals surface area contributed by atoms with E-state index in [0.717, 1.165) is 72.1 Å². The SMILES string of the molecule is c1ccc(-c2ccc(N(c3ccc(-c4ccc5c(c4)oc4ccccc45)cc3)c3cccc4oc5ccccc5c34)cc2)cc1. The lowest BCUT2D eigenvalue weighted by Gasteiger charge is -2.26. The molecular formula is C42H27NO2. The molecule has 0 bridgehead atoms. The van der Waals surface area contributed by atoms with Crippen LogP contribution in [-0.2, 0) is 0 Å². The van der Waals surface area contributed by atoms with Crippen molar-refractivity contribution in [1.29, 1.82) is 0 Å². The summed E-state index contributed by atoms with van der Waals surface area (Å²) >= 11 is 0. The minimum Gasteiger partial charge on any atom is -0.456 e. The quantitative estimate of drug-likeness (QED) is 0.204. The zero-order chi connectivity index (χ0) is 29.7. The Hall–Kier alpha value is -6.06. The van der Waals surface area contributed by atoms with Gasteiger partial charge in [0.05, 0.1) is 11.1 Å². The average Bonchev–Trinajstić information content (AvgIpc) is 3.68. The molecule has 9 aromatic rings. The highest BCUT2D eigenvalue weighted by atomic mass is 16.3. The van der Waals surface area contributed by atoms with E-state index in [1.165, 1.54) is 11.1 Å². The van der Waals surface area contributed by atoms with Gasteiger partial charge in [0, 0.05) is 27.5 Å². The third-order valence-electron chi connectivity index (χ3n) is 8.69. The molecule has 0 spiro atoms. The molecular weight excluding hydrogens is 550 g/mol. The summed E-state index contributed by atoms with van der Waals surface area (Å²) in [6.45, 7) is 0. The standard InChI is InChI=1S/C42H27NO2/c1-2-9-28(10-3-1)29-17-22-32(23-18-29)43(37-13-8-16-40-42(37)36-12-5-7-15-39(36)44-40)33-24-19-30(20-25-33)31-21-26-35-34-11-4-6-14-38(34)45-41(35)27-31/h1-27H. The molecule has 9 rings (SSSR count). The van der Waals surface area contributed by atoms with E-state index in [-0.39, 0.29) is 0 Å². The molecule has 0 unspecified atom stereocenters. The Kier molecular flexibility index (Phi) is 5.82. The molecule has 0 aliphatic carbocycles. The van der Waals surface area contributed by atoms with Gasteiger partial charge < -0.3 is 13.7 Å². The Labute approximate surface area is 260 Å². The molecule has 0 aliphatic rings. The lowest BCUT2D eigenvalue weighted by atomic mass is 10.0. The highest BCUT2D eigenvalue weighted by molar-refractivity contribution is 6.13. The van der Waals surface area contributed by atoms with Crippen LogP contribution in [-0.4, -0.2) is 0 Å². The number of hydrogen-bond acceptors (Lipinski definition) is 3. The molecule has 2 aromatic heterocycles. The highest BCUT2D eigenvalue weighted by Gasteiger charge is 2.19. The molecule has 0 N–H and O–H groups in total. The number of anilines is 3. The van der Waals surface area contributed by atoms with Crippen molar-refractivity contribution in [2.45, 2.75) is 0 Å². The Morgan fingerprint density at radius 1 is 0.333 bits per heavy atom. The normalized spacial score (nSPS) is 11.6. The summed E-state index contributed by atoms with van der Waals surface area (Å²) in [5.41, 5.74) is 11.4. The second kappa shape index (κ2) is 10.3. The van der Waals surface area contributed by atoms with Crippen LogP contribution in [0.2, 0.25) is 0 Å². The zero-order valence-electron chi connectivity index (χ0n) is 24.4. The van der Waals surface area contributed by atoms with E-state index in [1.54, 1.807) is 0 Å². The van der Waals surface area contributed by atoms with Gasteiger partial charge in [0.25, 0.3) is 0 Å². The van der Waals surface area contributed by atoms with Crippen LogP contribution in [0.4, 0.5) is 17.1 Å². The Morgan fingerprint density at radius 2 is 0.844 bits per heavy atom. The molecule has 0 atom stereocenters. The van der Waals surface area contributed by atoms with Crippen molar-refractivity contribution in [3.8, 4) is 22.3 Å².